The van der Waals surface area contributed by atoms with Crippen LogP contribution < -0.4 is 5.32 Å². The molecule has 29 heavy (non-hydrogen) atoms. The molecule has 0 atom stereocenters. The van der Waals surface area contributed by atoms with E-state index in [0.717, 1.165) is 10.00 Å². The number of fused-ring (bicyclic) bond motifs is 1. The lowest BCUT2D eigenvalue weighted by atomic mass is 10.3. The van der Waals surface area contributed by atoms with Gasteiger partial charge in [-0.3, -0.25) is 4.79 Å². The summed E-state index contributed by atoms with van der Waals surface area (Å²) in [7, 11) is -0.708. The number of hydrogen-bond acceptors (Lipinski definition) is 8. The van der Waals surface area contributed by atoms with Crippen LogP contribution in [0, 0.1) is 6.92 Å². The summed E-state index contributed by atoms with van der Waals surface area (Å²) >= 11 is 0. The standard InChI is InChI=1S/C17H18N6O5S/c1-11-8-9-18-17-20-15(21-23(11)17)16(25)28-10-14(24)19-12-4-6-13(7-5-12)29(26,27)22(2)3/h4-9H,10H2,1-3H3,(H,19,24). The van der Waals surface area contributed by atoms with Crippen LogP contribution in [0.15, 0.2) is 41.4 Å². The second-order valence-corrected chi connectivity index (χ2v) is 8.32. The number of nitrogens with one attached hydrogen (secondary N) is 1. The maximum absolute atomic E-state index is 12.1. The van der Waals surface area contributed by atoms with Crippen LogP contribution in [0.4, 0.5) is 5.69 Å². The van der Waals surface area contributed by atoms with Gasteiger partial charge in [0.2, 0.25) is 10.0 Å². The first kappa shape index (κ1) is 20.4. The van der Waals surface area contributed by atoms with Crippen molar-refractivity contribution in [3.63, 3.8) is 0 Å². The van der Waals surface area contributed by atoms with Gasteiger partial charge in [-0.25, -0.2) is 27.0 Å². The van der Waals surface area contributed by atoms with E-state index in [2.05, 4.69) is 20.4 Å². The predicted octanol–water partition coefficient (Wildman–Crippen LogP) is 0.479. The highest BCUT2D eigenvalue weighted by Gasteiger charge is 2.18. The minimum atomic E-state index is -3.56. The lowest BCUT2D eigenvalue weighted by Crippen LogP contribution is -2.23. The Morgan fingerprint density at radius 3 is 2.48 bits per heavy atom. The summed E-state index contributed by atoms with van der Waals surface area (Å²) in [6.45, 7) is 1.22. The molecule has 0 radical (unpaired) electrons. The maximum Gasteiger partial charge on any atom is 0.378 e. The molecule has 0 bridgehead atoms. The highest BCUT2D eigenvalue weighted by molar-refractivity contribution is 7.89. The highest BCUT2D eigenvalue weighted by Crippen LogP contribution is 2.16. The second-order valence-electron chi connectivity index (χ2n) is 6.17. The Balaban J connectivity index is 1.59. The third-order valence-corrected chi connectivity index (χ3v) is 5.69. The normalized spacial score (nSPS) is 11.6. The number of rotatable bonds is 6. The number of esters is 1. The number of hydrogen-bond donors (Lipinski definition) is 1. The van der Waals surface area contributed by atoms with Crippen molar-refractivity contribution in [3.8, 4) is 0 Å². The molecule has 12 heteroatoms. The quantitative estimate of drug-likeness (QED) is 0.571. The molecule has 152 valence electrons. The predicted molar refractivity (Wildman–Crippen MR) is 102 cm³/mol. The minimum absolute atomic E-state index is 0.0914. The van der Waals surface area contributed by atoms with Crippen molar-refractivity contribution in [2.75, 3.05) is 26.0 Å². The maximum atomic E-state index is 12.1. The molecule has 1 N–H and O–H groups in total. The van der Waals surface area contributed by atoms with Gasteiger partial charge in [-0.2, -0.15) is 4.98 Å². The van der Waals surface area contributed by atoms with E-state index in [1.165, 1.54) is 49.1 Å². The van der Waals surface area contributed by atoms with E-state index >= 15 is 0 Å². The summed E-state index contributed by atoms with van der Waals surface area (Å²) < 4.78 is 31.5. The van der Waals surface area contributed by atoms with Crippen molar-refractivity contribution < 1.29 is 22.7 Å². The molecule has 2 heterocycles. The molecule has 0 aliphatic rings. The number of carbonyl (C=O) groups excluding carboxylic acids is 2. The Morgan fingerprint density at radius 2 is 1.86 bits per heavy atom. The van der Waals surface area contributed by atoms with Gasteiger partial charge in [-0.1, -0.05) is 0 Å². The average molecular weight is 418 g/mol. The van der Waals surface area contributed by atoms with E-state index in [4.69, 9.17) is 4.74 Å². The number of sulfonamides is 1. The first-order chi connectivity index (χ1) is 13.7. The Bertz CT molecular complexity index is 1170. The average Bonchev–Trinajstić information content (AvgIpc) is 3.12. The molecular formula is C17H18N6O5S. The number of amides is 1. The Hall–Kier alpha value is -3.38. The van der Waals surface area contributed by atoms with E-state index in [9.17, 15) is 18.0 Å². The molecule has 0 saturated heterocycles. The van der Waals surface area contributed by atoms with Gasteiger partial charge in [0, 0.05) is 31.7 Å². The van der Waals surface area contributed by atoms with Crippen LogP contribution in [-0.2, 0) is 19.6 Å². The zero-order chi connectivity index (χ0) is 21.2. The summed E-state index contributed by atoms with van der Waals surface area (Å²) in [5, 5.41) is 6.51. The van der Waals surface area contributed by atoms with Crippen LogP contribution in [0.1, 0.15) is 16.3 Å². The zero-order valence-corrected chi connectivity index (χ0v) is 16.7. The van der Waals surface area contributed by atoms with Crippen molar-refractivity contribution in [2.24, 2.45) is 0 Å². The van der Waals surface area contributed by atoms with Crippen LogP contribution >= 0.6 is 0 Å². The summed E-state index contributed by atoms with van der Waals surface area (Å²) in [5.74, 6) is -1.43. The van der Waals surface area contributed by atoms with Crippen molar-refractivity contribution >= 4 is 33.4 Å². The van der Waals surface area contributed by atoms with Gasteiger partial charge in [-0.05, 0) is 37.3 Å². The van der Waals surface area contributed by atoms with Gasteiger partial charge in [0.1, 0.15) is 0 Å². The van der Waals surface area contributed by atoms with Crippen molar-refractivity contribution in [1.29, 1.82) is 0 Å². The summed E-state index contributed by atoms with van der Waals surface area (Å²) in [6.07, 6.45) is 1.54. The SMILES string of the molecule is Cc1ccnc2nc(C(=O)OCC(=O)Nc3ccc(S(=O)(=O)N(C)C)cc3)nn12. The van der Waals surface area contributed by atoms with Gasteiger partial charge in [0.25, 0.3) is 17.5 Å². The van der Waals surface area contributed by atoms with Gasteiger partial charge in [-0.15, -0.1) is 5.10 Å². The lowest BCUT2D eigenvalue weighted by molar-refractivity contribution is -0.119. The number of aromatic nitrogens is 4. The number of aryl methyl sites for hydroxylation is 1. The van der Waals surface area contributed by atoms with Crippen LogP contribution in [0.3, 0.4) is 0 Å². The number of nitrogens with zero attached hydrogens (tertiary/aromatic N) is 5. The Morgan fingerprint density at radius 1 is 1.17 bits per heavy atom. The summed E-state index contributed by atoms with van der Waals surface area (Å²) in [5.41, 5.74) is 1.09. The van der Waals surface area contributed by atoms with Crippen LogP contribution in [0.5, 0.6) is 0 Å². The molecule has 0 saturated carbocycles. The zero-order valence-electron chi connectivity index (χ0n) is 15.9. The molecule has 1 amide bonds. The molecule has 3 rings (SSSR count). The molecule has 0 unspecified atom stereocenters. The molecule has 0 aliphatic heterocycles. The van der Waals surface area contributed by atoms with E-state index in [1.807, 2.05) is 0 Å². The molecule has 11 nitrogen and oxygen atoms in total. The monoisotopic (exact) mass is 418 g/mol. The first-order valence-electron chi connectivity index (χ1n) is 8.36. The number of ether oxygens (including phenoxy) is 1. The largest absolute Gasteiger partial charge is 0.450 e. The van der Waals surface area contributed by atoms with E-state index < -0.39 is 28.5 Å². The molecule has 0 fully saturated rings. The van der Waals surface area contributed by atoms with Gasteiger partial charge in [0.05, 0.1) is 4.90 Å². The van der Waals surface area contributed by atoms with Crippen molar-refractivity contribution in [3.05, 3.63) is 48.0 Å². The second kappa shape index (κ2) is 7.93. The fourth-order valence-electron chi connectivity index (χ4n) is 2.31. The van der Waals surface area contributed by atoms with Crippen molar-refractivity contribution in [1.82, 2.24) is 23.9 Å². The van der Waals surface area contributed by atoms with E-state index in [0.29, 0.717) is 5.69 Å². The molecular weight excluding hydrogens is 400 g/mol. The van der Waals surface area contributed by atoms with Crippen LogP contribution in [0.25, 0.3) is 5.78 Å². The molecule has 0 spiro atoms. The third-order valence-electron chi connectivity index (χ3n) is 3.86. The van der Waals surface area contributed by atoms with E-state index in [-0.39, 0.29) is 16.5 Å². The van der Waals surface area contributed by atoms with Gasteiger partial charge >= 0.3 is 5.97 Å². The third kappa shape index (κ3) is 4.38. The number of carbonyl (C=O) groups is 2. The minimum Gasteiger partial charge on any atom is -0.450 e. The Kier molecular flexibility index (Phi) is 5.57. The van der Waals surface area contributed by atoms with Crippen LogP contribution in [-0.4, -0.2) is 64.9 Å². The molecule has 0 aliphatic carbocycles. The fourth-order valence-corrected chi connectivity index (χ4v) is 3.21. The van der Waals surface area contributed by atoms with E-state index in [1.54, 1.807) is 13.0 Å². The number of benzene rings is 1. The number of anilines is 1. The highest BCUT2D eigenvalue weighted by atomic mass is 32.2. The fraction of sp³-hybridized carbons (Fsp3) is 0.235. The van der Waals surface area contributed by atoms with Gasteiger partial charge in [0.15, 0.2) is 6.61 Å². The molecule has 2 aromatic heterocycles. The first-order valence-corrected chi connectivity index (χ1v) is 9.80. The summed E-state index contributed by atoms with van der Waals surface area (Å²) in [6, 6.07) is 7.32. The Labute approximate surface area is 166 Å². The van der Waals surface area contributed by atoms with Crippen molar-refractivity contribution in [2.45, 2.75) is 11.8 Å². The lowest BCUT2D eigenvalue weighted by Gasteiger charge is -2.12. The summed E-state index contributed by atoms with van der Waals surface area (Å²) in [4.78, 5) is 32.1. The molecule has 1 aromatic carbocycles. The smallest absolute Gasteiger partial charge is 0.378 e. The molecule has 3 aromatic rings. The van der Waals surface area contributed by atoms with Gasteiger partial charge < -0.3 is 10.1 Å². The van der Waals surface area contributed by atoms with Crippen LogP contribution in [0.2, 0.25) is 0 Å². The topological polar surface area (TPSA) is 136 Å².